The summed E-state index contributed by atoms with van der Waals surface area (Å²) in [6.07, 6.45) is 0.414. The average Bonchev–Trinajstić information content (AvgIpc) is 3.11. The first-order valence-electron chi connectivity index (χ1n) is 8.90. The van der Waals surface area contributed by atoms with E-state index in [2.05, 4.69) is 17.1 Å². The molecule has 5 heteroatoms. The van der Waals surface area contributed by atoms with Gasteiger partial charge in [-0.15, -0.1) is 11.3 Å². The van der Waals surface area contributed by atoms with Gasteiger partial charge < -0.3 is 9.64 Å². The number of rotatable bonds is 7. The number of hydrogen-bond donors (Lipinski definition) is 0. The van der Waals surface area contributed by atoms with Gasteiger partial charge in [-0.3, -0.25) is 4.79 Å². The maximum Gasteiger partial charge on any atom is 0.223 e. The molecule has 0 aliphatic heterocycles. The van der Waals surface area contributed by atoms with Crippen LogP contribution in [0.25, 0.3) is 0 Å². The molecular formula is C22H24N2O2S. The van der Waals surface area contributed by atoms with Crippen LogP contribution in [0.15, 0.2) is 60.0 Å². The second kappa shape index (κ2) is 8.82. The minimum absolute atomic E-state index is 0.00471. The highest BCUT2D eigenvalue weighted by molar-refractivity contribution is 7.09. The van der Waals surface area contributed by atoms with Crippen LogP contribution in [0.4, 0.5) is 0 Å². The molecule has 0 radical (unpaired) electrons. The molecule has 1 aromatic heterocycles. The van der Waals surface area contributed by atoms with Crippen LogP contribution in [-0.4, -0.2) is 29.9 Å². The Labute approximate surface area is 164 Å². The molecule has 1 heterocycles. The Kier molecular flexibility index (Phi) is 6.24. The second-order valence-electron chi connectivity index (χ2n) is 6.57. The standard InChI is InChI=1S/C22H24N2O2S/c1-16-15-27-21(23-16)14-24(2)22(25)13-20(17-7-5-4-6-8-17)18-9-11-19(26-3)12-10-18/h4-12,15,20H,13-14H2,1-3H3. The van der Waals surface area contributed by atoms with Crippen LogP contribution < -0.4 is 4.74 Å². The fourth-order valence-corrected chi connectivity index (χ4v) is 3.87. The highest BCUT2D eigenvalue weighted by Crippen LogP contribution is 2.30. The molecule has 0 N–H and O–H groups in total. The SMILES string of the molecule is COc1ccc(C(CC(=O)N(C)Cc2nc(C)cs2)c2ccccc2)cc1. The summed E-state index contributed by atoms with van der Waals surface area (Å²) in [4.78, 5) is 19.1. The summed E-state index contributed by atoms with van der Waals surface area (Å²) in [5.74, 6) is 0.922. The van der Waals surface area contributed by atoms with Crippen LogP contribution in [0, 0.1) is 6.92 Å². The summed E-state index contributed by atoms with van der Waals surface area (Å²) in [6.45, 7) is 2.51. The van der Waals surface area contributed by atoms with Gasteiger partial charge in [-0.05, 0) is 30.2 Å². The number of aryl methyl sites for hydroxylation is 1. The van der Waals surface area contributed by atoms with Crippen molar-refractivity contribution >= 4 is 17.2 Å². The van der Waals surface area contributed by atoms with E-state index >= 15 is 0 Å². The van der Waals surface area contributed by atoms with Gasteiger partial charge in [-0.25, -0.2) is 4.98 Å². The molecule has 0 aliphatic rings. The lowest BCUT2D eigenvalue weighted by Crippen LogP contribution is -2.27. The van der Waals surface area contributed by atoms with Crippen molar-refractivity contribution < 1.29 is 9.53 Å². The van der Waals surface area contributed by atoms with Gasteiger partial charge in [0.05, 0.1) is 13.7 Å². The molecule has 4 nitrogen and oxygen atoms in total. The van der Waals surface area contributed by atoms with Crippen LogP contribution in [0.3, 0.4) is 0 Å². The van der Waals surface area contributed by atoms with Crippen LogP contribution in [0.5, 0.6) is 5.75 Å². The summed E-state index contributed by atoms with van der Waals surface area (Å²) in [5, 5.41) is 2.97. The Morgan fingerprint density at radius 1 is 1.11 bits per heavy atom. The van der Waals surface area contributed by atoms with Crippen LogP contribution in [0.2, 0.25) is 0 Å². The van der Waals surface area contributed by atoms with E-state index in [0.717, 1.165) is 27.6 Å². The van der Waals surface area contributed by atoms with E-state index < -0.39 is 0 Å². The van der Waals surface area contributed by atoms with Gasteiger partial charge in [0, 0.05) is 30.5 Å². The molecule has 2 aromatic carbocycles. The van der Waals surface area contributed by atoms with Crippen molar-refractivity contribution in [3.63, 3.8) is 0 Å². The number of amides is 1. The summed E-state index contributed by atoms with van der Waals surface area (Å²) >= 11 is 1.59. The molecule has 0 fully saturated rings. The van der Waals surface area contributed by atoms with E-state index in [9.17, 15) is 4.79 Å². The van der Waals surface area contributed by atoms with E-state index in [-0.39, 0.29) is 11.8 Å². The summed E-state index contributed by atoms with van der Waals surface area (Å²) < 4.78 is 5.26. The molecule has 1 amide bonds. The van der Waals surface area contributed by atoms with Crippen LogP contribution >= 0.6 is 11.3 Å². The van der Waals surface area contributed by atoms with E-state index in [0.29, 0.717) is 13.0 Å². The van der Waals surface area contributed by atoms with Gasteiger partial charge in [-0.2, -0.15) is 0 Å². The number of nitrogens with zero attached hydrogens (tertiary/aromatic N) is 2. The van der Waals surface area contributed by atoms with Gasteiger partial charge >= 0.3 is 0 Å². The van der Waals surface area contributed by atoms with Gasteiger partial charge in [0.25, 0.3) is 0 Å². The van der Waals surface area contributed by atoms with Crippen molar-refractivity contribution in [3.05, 3.63) is 81.8 Å². The molecule has 0 aliphatic carbocycles. The molecule has 3 aromatic rings. The number of methoxy groups -OCH3 is 1. The molecule has 0 saturated carbocycles. The number of carbonyl (C=O) groups excluding carboxylic acids is 1. The van der Waals surface area contributed by atoms with Crippen molar-refractivity contribution in [2.75, 3.05) is 14.2 Å². The van der Waals surface area contributed by atoms with Crippen LogP contribution in [0.1, 0.15) is 34.2 Å². The summed E-state index contributed by atoms with van der Waals surface area (Å²) in [5.41, 5.74) is 3.24. The normalized spacial score (nSPS) is 11.8. The van der Waals surface area contributed by atoms with E-state index in [1.807, 2.05) is 61.8 Å². The highest BCUT2D eigenvalue weighted by Gasteiger charge is 2.21. The quantitative estimate of drug-likeness (QED) is 0.600. The first-order chi connectivity index (χ1) is 13.1. The molecule has 3 rings (SSSR count). The third-order valence-corrected chi connectivity index (χ3v) is 5.52. The third-order valence-electron chi connectivity index (χ3n) is 4.56. The fraction of sp³-hybridized carbons (Fsp3) is 0.273. The zero-order valence-corrected chi connectivity index (χ0v) is 16.7. The van der Waals surface area contributed by atoms with Gasteiger partial charge in [0.1, 0.15) is 10.8 Å². The molecule has 27 heavy (non-hydrogen) atoms. The minimum Gasteiger partial charge on any atom is -0.497 e. The first-order valence-corrected chi connectivity index (χ1v) is 9.78. The molecule has 0 saturated heterocycles. The average molecular weight is 381 g/mol. The van der Waals surface area contributed by atoms with Gasteiger partial charge in [0.2, 0.25) is 5.91 Å². The number of carbonyl (C=O) groups is 1. The van der Waals surface area contributed by atoms with Crippen LogP contribution in [-0.2, 0) is 11.3 Å². The number of benzene rings is 2. The maximum atomic E-state index is 12.9. The van der Waals surface area contributed by atoms with Gasteiger partial charge in [-0.1, -0.05) is 42.5 Å². The summed E-state index contributed by atoms with van der Waals surface area (Å²) in [7, 11) is 3.50. The Balaban J connectivity index is 1.79. The Morgan fingerprint density at radius 2 is 1.78 bits per heavy atom. The molecular weight excluding hydrogens is 356 g/mol. The molecule has 140 valence electrons. The lowest BCUT2D eigenvalue weighted by molar-refractivity contribution is -0.130. The fourth-order valence-electron chi connectivity index (χ4n) is 3.05. The number of thiazole rings is 1. The molecule has 0 bridgehead atoms. The predicted molar refractivity (Wildman–Crippen MR) is 109 cm³/mol. The monoisotopic (exact) mass is 380 g/mol. The molecule has 0 spiro atoms. The second-order valence-corrected chi connectivity index (χ2v) is 7.52. The lowest BCUT2D eigenvalue weighted by Gasteiger charge is -2.22. The van der Waals surface area contributed by atoms with E-state index in [1.165, 1.54) is 0 Å². The van der Waals surface area contributed by atoms with Crippen molar-refractivity contribution in [1.82, 2.24) is 9.88 Å². The zero-order chi connectivity index (χ0) is 19.2. The Bertz CT molecular complexity index is 875. The van der Waals surface area contributed by atoms with Crippen molar-refractivity contribution in [2.24, 2.45) is 0 Å². The van der Waals surface area contributed by atoms with E-state index in [1.54, 1.807) is 23.3 Å². The molecule has 1 unspecified atom stereocenters. The number of hydrogen-bond acceptors (Lipinski definition) is 4. The Morgan fingerprint density at radius 3 is 2.37 bits per heavy atom. The number of aromatic nitrogens is 1. The van der Waals surface area contributed by atoms with Crippen molar-refractivity contribution in [2.45, 2.75) is 25.8 Å². The smallest absolute Gasteiger partial charge is 0.223 e. The van der Waals surface area contributed by atoms with Crippen molar-refractivity contribution in [3.8, 4) is 5.75 Å². The predicted octanol–water partition coefficient (Wildman–Crippen LogP) is 4.64. The Hall–Kier alpha value is -2.66. The lowest BCUT2D eigenvalue weighted by atomic mass is 9.88. The number of ether oxygens (including phenoxy) is 1. The highest BCUT2D eigenvalue weighted by atomic mass is 32.1. The summed E-state index contributed by atoms with van der Waals surface area (Å²) in [6, 6.07) is 18.1. The van der Waals surface area contributed by atoms with Crippen molar-refractivity contribution in [1.29, 1.82) is 0 Å². The third kappa shape index (κ3) is 4.95. The van der Waals surface area contributed by atoms with Gasteiger partial charge in [0.15, 0.2) is 0 Å². The molecule has 1 atom stereocenters. The topological polar surface area (TPSA) is 42.4 Å². The maximum absolute atomic E-state index is 12.9. The van der Waals surface area contributed by atoms with E-state index in [4.69, 9.17) is 4.74 Å². The first kappa shape index (κ1) is 19.1. The largest absolute Gasteiger partial charge is 0.497 e. The minimum atomic E-state index is 0.00471. The zero-order valence-electron chi connectivity index (χ0n) is 15.9.